The van der Waals surface area contributed by atoms with Crippen molar-refractivity contribution in [3.63, 3.8) is 0 Å². The summed E-state index contributed by atoms with van der Waals surface area (Å²) < 4.78 is 0. The summed E-state index contributed by atoms with van der Waals surface area (Å²) in [6.07, 6.45) is 9.47. The van der Waals surface area contributed by atoms with Crippen molar-refractivity contribution in [2.45, 2.75) is 24.9 Å². The number of amides is 1. The highest BCUT2D eigenvalue weighted by Gasteiger charge is 2.40. The third-order valence-corrected chi connectivity index (χ3v) is 4.80. The molecule has 110 valence electrons. The van der Waals surface area contributed by atoms with Gasteiger partial charge in [-0.15, -0.1) is 6.42 Å². The second kappa shape index (κ2) is 5.11. The lowest BCUT2D eigenvalue weighted by molar-refractivity contribution is 0.0923. The lowest BCUT2D eigenvalue weighted by Crippen LogP contribution is -2.48. The molecule has 1 saturated heterocycles. The Balaban J connectivity index is 1.61. The van der Waals surface area contributed by atoms with Gasteiger partial charge in [0.25, 0.3) is 5.91 Å². The molecule has 1 saturated carbocycles. The SMILES string of the molecule is C#Cc1cccc2cnc(C(=O)NC3CC4CNC3C4)cc12. The Hall–Kier alpha value is -2.38. The number of piperidine rings is 1. The van der Waals surface area contributed by atoms with Gasteiger partial charge in [-0.1, -0.05) is 18.1 Å². The van der Waals surface area contributed by atoms with Gasteiger partial charge in [0.05, 0.1) is 0 Å². The van der Waals surface area contributed by atoms with E-state index in [-0.39, 0.29) is 11.9 Å². The second-order valence-corrected chi connectivity index (χ2v) is 6.17. The van der Waals surface area contributed by atoms with E-state index >= 15 is 0 Å². The highest BCUT2D eigenvalue weighted by Crippen LogP contribution is 2.31. The molecular weight excluding hydrogens is 274 g/mol. The molecule has 2 aliphatic rings. The van der Waals surface area contributed by atoms with Crippen LogP contribution in [0, 0.1) is 18.3 Å². The standard InChI is InChI=1S/C18H17N3O/c1-2-12-4-3-5-13-10-20-17(8-14(12)13)18(22)21-16-7-11-6-15(16)19-9-11/h1,3-5,8,10-11,15-16,19H,6-7,9H2,(H,21,22). The van der Waals surface area contributed by atoms with Crippen LogP contribution in [0.15, 0.2) is 30.5 Å². The quantitative estimate of drug-likeness (QED) is 0.828. The van der Waals surface area contributed by atoms with Crippen LogP contribution < -0.4 is 10.6 Å². The number of rotatable bonds is 2. The monoisotopic (exact) mass is 291 g/mol. The number of fused-ring (bicyclic) bond motifs is 3. The van der Waals surface area contributed by atoms with Crippen LogP contribution >= 0.6 is 0 Å². The van der Waals surface area contributed by atoms with E-state index < -0.39 is 0 Å². The van der Waals surface area contributed by atoms with E-state index in [1.165, 1.54) is 0 Å². The van der Waals surface area contributed by atoms with Crippen molar-refractivity contribution in [2.75, 3.05) is 6.54 Å². The maximum absolute atomic E-state index is 12.5. The molecule has 1 aromatic carbocycles. The van der Waals surface area contributed by atoms with E-state index in [0.29, 0.717) is 17.7 Å². The molecule has 4 nitrogen and oxygen atoms in total. The Morgan fingerprint density at radius 1 is 1.41 bits per heavy atom. The first-order chi connectivity index (χ1) is 10.7. The second-order valence-electron chi connectivity index (χ2n) is 6.17. The topological polar surface area (TPSA) is 54.0 Å². The highest BCUT2D eigenvalue weighted by molar-refractivity contribution is 5.98. The van der Waals surface area contributed by atoms with Gasteiger partial charge < -0.3 is 10.6 Å². The molecule has 3 atom stereocenters. The van der Waals surface area contributed by atoms with Crippen LogP contribution in [0.1, 0.15) is 28.9 Å². The van der Waals surface area contributed by atoms with Crippen molar-refractivity contribution in [2.24, 2.45) is 5.92 Å². The maximum Gasteiger partial charge on any atom is 0.270 e. The summed E-state index contributed by atoms with van der Waals surface area (Å²) in [5, 5.41) is 8.41. The average molecular weight is 291 g/mol. The number of nitrogens with one attached hydrogen (secondary N) is 2. The highest BCUT2D eigenvalue weighted by atomic mass is 16.1. The molecule has 1 aromatic heterocycles. The Bertz CT molecular complexity index is 793. The fraction of sp³-hybridized carbons (Fsp3) is 0.333. The summed E-state index contributed by atoms with van der Waals surface area (Å²) in [6.45, 7) is 1.08. The van der Waals surface area contributed by atoms with Crippen molar-refractivity contribution in [1.82, 2.24) is 15.6 Å². The molecule has 1 amide bonds. The first-order valence-electron chi connectivity index (χ1n) is 7.64. The number of carbonyl (C=O) groups is 1. The van der Waals surface area contributed by atoms with E-state index in [1.807, 2.05) is 18.2 Å². The fourth-order valence-corrected chi connectivity index (χ4v) is 3.67. The van der Waals surface area contributed by atoms with Gasteiger partial charge in [-0.25, -0.2) is 0 Å². The molecule has 3 unspecified atom stereocenters. The largest absolute Gasteiger partial charge is 0.346 e. The van der Waals surface area contributed by atoms with Gasteiger partial charge in [-0.3, -0.25) is 9.78 Å². The third kappa shape index (κ3) is 2.15. The summed E-state index contributed by atoms with van der Waals surface area (Å²) in [6, 6.07) is 8.15. The van der Waals surface area contributed by atoms with Crippen LogP contribution in [0.4, 0.5) is 0 Å². The minimum absolute atomic E-state index is 0.118. The van der Waals surface area contributed by atoms with Gasteiger partial charge in [0.15, 0.2) is 0 Å². The molecule has 2 N–H and O–H groups in total. The Morgan fingerprint density at radius 3 is 3.05 bits per heavy atom. The molecule has 1 aliphatic heterocycles. The summed E-state index contributed by atoms with van der Waals surface area (Å²) in [4.78, 5) is 16.8. The number of carbonyl (C=O) groups excluding carboxylic acids is 1. The fourth-order valence-electron chi connectivity index (χ4n) is 3.67. The van der Waals surface area contributed by atoms with E-state index in [1.54, 1.807) is 12.3 Å². The minimum atomic E-state index is -0.118. The van der Waals surface area contributed by atoms with Crippen LogP contribution in [0.2, 0.25) is 0 Å². The molecule has 1 aliphatic carbocycles. The zero-order valence-corrected chi connectivity index (χ0v) is 12.2. The number of hydrogen-bond donors (Lipinski definition) is 2. The van der Waals surface area contributed by atoms with Crippen molar-refractivity contribution in [3.8, 4) is 12.3 Å². The smallest absolute Gasteiger partial charge is 0.270 e. The van der Waals surface area contributed by atoms with Gasteiger partial charge in [0, 0.05) is 34.6 Å². The first-order valence-corrected chi connectivity index (χ1v) is 7.64. The molecule has 0 radical (unpaired) electrons. The van der Waals surface area contributed by atoms with Gasteiger partial charge in [0.2, 0.25) is 0 Å². The van der Waals surface area contributed by atoms with E-state index in [0.717, 1.165) is 35.7 Å². The lowest BCUT2D eigenvalue weighted by Gasteiger charge is -2.23. The van der Waals surface area contributed by atoms with Crippen LogP contribution in [0.25, 0.3) is 10.8 Å². The predicted molar refractivity (Wildman–Crippen MR) is 85.4 cm³/mol. The van der Waals surface area contributed by atoms with Crippen LogP contribution in [0.3, 0.4) is 0 Å². The van der Waals surface area contributed by atoms with E-state index in [9.17, 15) is 4.79 Å². The zero-order chi connectivity index (χ0) is 15.1. The average Bonchev–Trinajstić information content (AvgIpc) is 3.16. The summed E-state index contributed by atoms with van der Waals surface area (Å²) in [5.41, 5.74) is 1.22. The maximum atomic E-state index is 12.5. The van der Waals surface area contributed by atoms with E-state index in [4.69, 9.17) is 6.42 Å². The van der Waals surface area contributed by atoms with Gasteiger partial charge in [-0.05, 0) is 37.4 Å². The van der Waals surface area contributed by atoms with Crippen molar-refractivity contribution < 1.29 is 4.79 Å². The van der Waals surface area contributed by atoms with Crippen molar-refractivity contribution in [3.05, 3.63) is 41.7 Å². The molecular formula is C18H17N3O. The molecule has 2 heterocycles. The number of benzene rings is 1. The first kappa shape index (κ1) is 13.3. The summed E-state index contributed by atoms with van der Waals surface area (Å²) in [5.74, 6) is 3.25. The molecule has 4 rings (SSSR count). The Morgan fingerprint density at radius 2 is 2.32 bits per heavy atom. The minimum Gasteiger partial charge on any atom is -0.346 e. The van der Waals surface area contributed by atoms with Gasteiger partial charge >= 0.3 is 0 Å². The van der Waals surface area contributed by atoms with E-state index in [2.05, 4.69) is 21.5 Å². The van der Waals surface area contributed by atoms with Crippen LogP contribution in [-0.4, -0.2) is 29.5 Å². The van der Waals surface area contributed by atoms with Crippen molar-refractivity contribution >= 4 is 16.7 Å². The normalized spacial score (nSPS) is 26.0. The third-order valence-electron chi connectivity index (χ3n) is 4.80. The predicted octanol–water partition coefficient (Wildman–Crippen LogP) is 1.70. The lowest BCUT2D eigenvalue weighted by atomic mass is 10.1. The Kier molecular flexibility index (Phi) is 3.09. The number of pyridine rings is 1. The molecule has 2 fully saturated rings. The number of hydrogen-bond acceptors (Lipinski definition) is 3. The van der Waals surface area contributed by atoms with Crippen molar-refractivity contribution in [1.29, 1.82) is 0 Å². The number of nitrogens with zero attached hydrogens (tertiary/aromatic N) is 1. The molecule has 4 heteroatoms. The molecule has 22 heavy (non-hydrogen) atoms. The molecule has 2 bridgehead atoms. The van der Waals surface area contributed by atoms with Crippen LogP contribution in [-0.2, 0) is 0 Å². The molecule has 2 aromatic rings. The summed E-state index contributed by atoms with van der Waals surface area (Å²) >= 11 is 0. The summed E-state index contributed by atoms with van der Waals surface area (Å²) in [7, 11) is 0. The number of terminal acetylenes is 1. The Labute approximate surface area is 129 Å². The number of aromatic nitrogens is 1. The zero-order valence-electron chi connectivity index (χ0n) is 12.2. The van der Waals surface area contributed by atoms with Crippen LogP contribution in [0.5, 0.6) is 0 Å². The molecule has 0 spiro atoms. The van der Waals surface area contributed by atoms with Gasteiger partial charge in [-0.2, -0.15) is 0 Å². The van der Waals surface area contributed by atoms with Gasteiger partial charge in [0.1, 0.15) is 5.69 Å².